The van der Waals surface area contributed by atoms with Gasteiger partial charge in [-0.05, 0) is 0 Å². The number of rotatable bonds is 7. The van der Waals surface area contributed by atoms with E-state index in [1.54, 1.807) is 0 Å². The Hall–Kier alpha value is -1.66. The summed E-state index contributed by atoms with van der Waals surface area (Å²) < 4.78 is 4.67. The lowest BCUT2D eigenvalue weighted by Crippen LogP contribution is -2.41. The minimum Gasteiger partial charge on any atom is -0.479 e. The minimum absolute atomic E-state index is 0.283. The summed E-state index contributed by atoms with van der Waals surface area (Å²) in [4.78, 5) is 21.4. The lowest BCUT2D eigenvalue weighted by atomic mass is 10.2. The number of esters is 1. The van der Waals surface area contributed by atoms with Crippen molar-refractivity contribution in [3.8, 4) is 0 Å². The molecule has 90 valence electrons. The standard InChI is InChI=1S/C10H14O6/c1-3-5-6(4-2)16-10(15)8(12)7(11)9(13)14/h3-4,6-8,11-12H,1-2,5H2,(H,13,14). The highest BCUT2D eigenvalue weighted by Crippen LogP contribution is 2.05. The van der Waals surface area contributed by atoms with Crippen LogP contribution in [-0.2, 0) is 14.3 Å². The summed E-state index contributed by atoms with van der Waals surface area (Å²) in [7, 11) is 0. The van der Waals surface area contributed by atoms with Crippen molar-refractivity contribution >= 4 is 11.9 Å². The number of hydrogen-bond acceptors (Lipinski definition) is 5. The van der Waals surface area contributed by atoms with Gasteiger partial charge in [0.05, 0.1) is 0 Å². The third kappa shape index (κ3) is 4.24. The molecule has 0 heterocycles. The summed E-state index contributed by atoms with van der Waals surface area (Å²) in [6.45, 7) is 6.81. The number of aliphatic hydroxyl groups excluding tert-OH is 2. The largest absolute Gasteiger partial charge is 0.479 e. The molecule has 0 aliphatic carbocycles. The monoisotopic (exact) mass is 230 g/mol. The molecule has 0 fully saturated rings. The number of carboxylic acids is 1. The van der Waals surface area contributed by atoms with Crippen LogP contribution in [0, 0.1) is 0 Å². The number of aliphatic carboxylic acids is 1. The van der Waals surface area contributed by atoms with Gasteiger partial charge in [0, 0.05) is 6.42 Å². The molecule has 0 radical (unpaired) electrons. The minimum atomic E-state index is -2.21. The summed E-state index contributed by atoms with van der Waals surface area (Å²) in [5.41, 5.74) is 0. The fraction of sp³-hybridized carbons (Fsp3) is 0.400. The maximum absolute atomic E-state index is 11.2. The lowest BCUT2D eigenvalue weighted by molar-refractivity contribution is -0.171. The molecule has 0 aromatic heterocycles. The summed E-state index contributed by atoms with van der Waals surface area (Å²) in [6.07, 6.45) is -1.98. The molecule has 3 atom stereocenters. The van der Waals surface area contributed by atoms with Gasteiger partial charge in [-0.1, -0.05) is 18.7 Å². The fourth-order valence-electron chi connectivity index (χ4n) is 0.840. The molecule has 3 N–H and O–H groups in total. The Bertz CT molecular complexity index is 285. The number of aliphatic hydroxyl groups is 2. The second-order valence-electron chi connectivity index (χ2n) is 2.96. The van der Waals surface area contributed by atoms with Gasteiger partial charge in [-0.2, -0.15) is 0 Å². The molecule has 16 heavy (non-hydrogen) atoms. The van der Waals surface area contributed by atoms with Crippen LogP contribution in [0.5, 0.6) is 0 Å². The first kappa shape index (κ1) is 14.3. The molecule has 0 saturated carbocycles. The van der Waals surface area contributed by atoms with Crippen molar-refractivity contribution in [2.75, 3.05) is 0 Å². The van der Waals surface area contributed by atoms with Crippen LogP contribution in [0.15, 0.2) is 25.3 Å². The number of carbonyl (C=O) groups excluding carboxylic acids is 1. The van der Waals surface area contributed by atoms with E-state index in [0.29, 0.717) is 0 Å². The van der Waals surface area contributed by atoms with Crippen molar-refractivity contribution in [3.63, 3.8) is 0 Å². The Morgan fingerprint density at radius 3 is 2.19 bits per heavy atom. The van der Waals surface area contributed by atoms with Crippen molar-refractivity contribution in [3.05, 3.63) is 25.3 Å². The molecule has 3 unspecified atom stereocenters. The Labute approximate surface area is 92.5 Å². The molecule has 0 saturated heterocycles. The quantitative estimate of drug-likeness (QED) is 0.401. The van der Waals surface area contributed by atoms with Crippen LogP contribution in [0.2, 0.25) is 0 Å². The van der Waals surface area contributed by atoms with Gasteiger partial charge >= 0.3 is 11.9 Å². The maximum atomic E-state index is 11.2. The predicted molar refractivity (Wildman–Crippen MR) is 54.5 cm³/mol. The molecule has 0 aromatic carbocycles. The first-order chi connectivity index (χ1) is 7.43. The van der Waals surface area contributed by atoms with Crippen molar-refractivity contribution in [2.45, 2.75) is 24.7 Å². The molecular formula is C10H14O6. The van der Waals surface area contributed by atoms with Crippen LogP contribution >= 0.6 is 0 Å². The van der Waals surface area contributed by atoms with E-state index in [0.717, 1.165) is 0 Å². The summed E-state index contributed by atoms with van der Waals surface area (Å²) in [6, 6.07) is 0. The molecule has 0 aromatic rings. The highest BCUT2D eigenvalue weighted by Gasteiger charge is 2.32. The second kappa shape index (κ2) is 6.76. The van der Waals surface area contributed by atoms with Crippen molar-refractivity contribution in [2.24, 2.45) is 0 Å². The molecule has 0 rings (SSSR count). The Morgan fingerprint density at radius 1 is 1.25 bits per heavy atom. The van der Waals surface area contributed by atoms with Crippen molar-refractivity contribution < 1.29 is 29.6 Å². The zero-order valence-electron chi connectivity index (χ0n) is 8.57. The van der Waals surface area contributed by atoms with E-state index in [9.17, 15) is 9.59 Å². The van der Waals surface area contributed by atoms with Gasteiger partial charge in [-0.25, -0.2) is 9.59 Å². The Morgan fingerprint density at radius 2 is 1.81 bits per heavy atom. The molecule has 0 bridgehead atoms. The van der Waals surface area contributed by atoms with E-state index in [2.05, 4.69) is 17.9 Å². The molecule has 0 aliphatic heterocycles. The van der Waals surface area contributed by atoms with Crippen LogP contribution in [0.1, 0.15) is 6.42 Å². The third-order valence-corrected chi connectivity index (χ3v) is 1.72. The Kier molecular flexibility index (Phi) is 6.06. The van der Waals surface area contributed by atoms with Crippen LogP contribution in [0.3, 0.4) is 0 Å². The van der Waals surface area contributed by atoms with Crippen molar-refractivity contribution in [1.29, 1.82) is 0 Å². The number of carboxylic acid groups (broad SMARTS) is 1. The van der Waals surface area contributed by atoms with Gasteiger partial charge in [0.25, 0.3) is 0 Å². The first-order valence-corrected chi connectivity index (χ1v) is 4.47. The lowest BCUT2D eigenvalue weighted by Gasteiger charge is -2.17. The molecule has 6 heteroatoms. The van der Waals surface area contributed by atoms with E-state index < -0.39 is 30.3 Å². The van der Waals surface area contributed by atoms with Gasteiger partial charge in [0.2, 0.25) is 0 Å². The maximum Gasteiger partial charge on any atom is 0.338 e. The van der Waals surface area contributed by atoms with Crippen LogP contribution < -0.4 is 0 Å². The van der Waals surface area contributed by atoms with Crippen LogP contribution in [0.25, 0.3) is 0 Å². The molecular weight excluding hydrogens is 216 g/mol. The zero-order chi connectivity index (χ0) is 12.7. The van der Waals surface area contributed by atoms with E-state index in [4.69, 9.17) is 15.3 Å². The van der Waals surface area contributed by atoms with E-state index in [1.165, 1.54) is 12.2 Å². The SMILES string of the molecule is C=CCC(C=C)OC(=O)C(O)C(O)C(=O)O. The third-order valence-electron chi connectivity index (χ3n) is 1.72. The number of hydrogen-bond donors (Lipinski definition) is 3. The van der Waals surface area contributed by atoms with Gasteiger partial charge < -0.3 is 20.1 Å². The van der Waals surface area contributed by atoms with Crippen molar-refractivity contribution in [1.82, 2.24) is 0 Å². The molecule has 0 aliphatic rings. The highest BCUT2D eigenvalue weighted by molar-refractivity contribution is 5.84. The summed E-state index contributed by atoms with van der Waals surface area (Å²) in [5, 5.41) is 26.3. The normalized spacial score (nSPS) is 15.6. The highest BCUT2D eigenvalue weighted by atomic mass is 16.6. The second-order valence-corrected chi connectivity index (χ2v) is 2.96. The van der Waals surface area contributed by atoms with Crippen LogP contribution in [-0.4, -0.2) is 45.6 Å². The molecule has 0 amide bonds. The fourth-order valence-corrected chi connectivity index (χ4v) is 0.840. The zero-order valence-corrected chi connectivity index (χ0v) is 8.57. The van der Waals surface area contributed by atoms with Crippen LogP contribution in [0.4, 0.5) is 0 Å². The van der Waals surface area contributed by atoms with E-state index in [-0.39, 0.29) is 6.42 Å². The average molecular weight is 230 g/mol. The molecule has 6 nitrogen and oxygen atoms in total. The van der Waals surface area contributed by atoms with Gasteiger partial charge in [-0.15, -0.1) is 6.58 Å². The number of ether oxygens (including phenoxy) is 1. The predicted octanol–water partition coefficient (Wildman–Crippen LogP) is -0.533. The van der Waals surface area contributed by atoms with Gasteiger partial charge in [0.15, 0.2) is 12.2 Å². The topological polar surface area (TPSA) is 104 Å². The van der Waals surface area contributed by atoms with Gasteiger partial charge in [-0.3, -0.25) is 0 Å². The Balaban J connectivity index is 4.38. The van der Waals surface area contributed by atoms with E-state index in [1.807, 2.05) is 0 Å². The first-order valence-electron chi connectivity index (χ1n) is 4.47. The smallest absolute Gasteiger partial charge is 0.338 e. The summed E-state index contributed by atoms with van der Waals surface area (Å²) in [5.74, 6) is -2.93. The van der Waals surface area contributed by atoms with Gasteiger partial charge in [0.1, 0.15) is 6.10 Å². The average Bonchev–Trinajstić information content (AvgIpc) is 2.25. The molecule has 0 spiro atoms. The van der Waals surface area contributed by atoms with E-state index >= 15 is 0 Å². The number of carbonyl (C=O) groups is 2. The summed E-state index contributed by atoms with van der Waals surface area (Å²) >= 11 is 0.